The fourth-order valence-corrected chi connectivity index (χ4v) is 2.55. The third kappa shape index (κ3) is 5.39. The molecule has 4 nitrogen and oxygen atoms in total. The van der Waals surface area contributed by atoms with Gasteiger partial charge in [-0.2, -0.15) is 0 Å². The van der Waals surface area contributed by atoms with Crippen LogP contribution in [-0.2, 0) is 11.4 Å². The first-order chi connectivity index (χ1) is 11.7. The average Bonchev–Trinajstić information content (AvgIpc) is 3.38. The number of nitrogens with one attached hydrogen (secondary N) is 2. The summed E-state index contributed by atoms with van der Waals surface area (Å²) in [5.41, 5.74) is 3.11. The van der Waals surface area contributed by atoms with Crippen LogP contribution in [0.5, 0.6) is 5.75 Å². The molecule has 1 saturated carbocycles. The Balaban J connectivity index is 1.48. The minimum absolute atomic E-state index is 0.0218. The molecule has 24 heavy (non-hydrogen) atoms. The molecule has 1 aliphatic rings. The summed E-state index contributed by atoms with van der Waals surface area (Å²) in [5, 5.41) is 6.09. The van der Waals surface area contributed by atoms with E-state index >= 15 is 0 Å². The molecule has 0 heterocycles. The summed E-state index contributed by atoms with van der Waals surface area (Å²) in [5.74, 6) is 1.50. The summed E-state index contributed by atoms with van der Waals surface area (Å²) in [6.45, 7) is 3.87. The lowest BCUT2D eigenvalue weighted by molar-refractivity contribution is -0.115. The van der Waals surface area contributed by atoms with Crippen LogP contribution in [0.1, 0.15) is 24.0 Å². The summed E-state index contributed by atoms with van der Waals surface area (Å²) >= 11 is 0. The highest BCUT2D eigenvalue weighted by Crippen LogP contribution is 2.27. The highest BCUT2D eigenvalue weighted by atomic mass is 16.5. The quantitative estimate of drug-likeness (QED) is 0.781. The molecular formula is C20H24N2O2. The number of carbonyl (C=O) groups excluding carboxylic acids is 1. The van der Waals surface area contributed by atoms with Crippen molar-refractivity contribution in [2.45, 2.75) is 26.4 Å². The molecule has 1 fully saturated rings. The molecule has 3 rings (SSSR count). The van der Waals surface area contributed by atoms with E-state index in [1.54, 1.807) is 0 Å². The van der Waals surface area contributed by atoms with Gasteiger partial charge in [-0.15, -0.1) is 0 Å². The van der Waals surface area contributed by atoms with Gasteiger partial charge in [0.2, 0.25) is 5.91 Å². The Kier molecular flexibility index (Phi) is 5.49. The Labute approximate surface area is 143 Å². The predicted molar refractivity (Wildman–Crippen MR) is 96.2 cm³/mol. The first-order valence-corrected chi connectivity index (χ1v) is 8.48. The Morgan fingerprint density at radius 2 is 2.00 bits per heavy atom. The van der Waals surface area contributed by atoms with Crippen molar-refractivity contribution < 1.29 is 9.53 Å². The maximum Gasteiger partial charge on any atom is 0.238 e. The van der Waals surface area contributed by atoms with Crippen molar-refractivity contribution >= 4 is 11.6 Å². The van der Waals surface area contributed by atoms with E-state index in [1.807, 2.05) is 36.4 Å². The van der Waals surface area contributed by atoms with Crippen molar-refractivity contribution in [2.75, 3.05) is 18.4 Å². The molecule has 0 spiro atoms. The van der Waals surface area contributed by atoms with Gasteiger partial charge in [0.25, 0.3) is 0 Å². The van der Waals surface area contributed by atoms with E-state index in [4.69, 9.17) is 4.74 Å². The molecule has 1 amide bonds. The predicted octanol–water partition coefficient (Wildman–Crippen LogP) is 3.51. The lowest BCUT2D eigenvalue weighted by Gasteiger charge is -2.10. The van der Waals surface area contributed by atoms with E-state index in [-0.39, 0.29) is 5.91 Å². The lowest BCUT2D eigenvalue weighted by Crippen LogP contribution is -2.29. The first kappa shape index (κ1) is 16.5. The topological polar surface area (TPSA) is 50.4 Å². The van der Waals surface area contributed by atoms with Crippen molar-refractivity contribution in [3.8, 4) is 5.75 Å². The molecule has 2 aromatic carbocycles. The van der Waals surface area contributed by atoms with E-state index < -0.39 is 0 Å². The number of aryl methyl sites for hydroxylation is 1. The number of anilines is 1. The minimum Gasteiger partial charge on any atom is -0.489 e. The van der Waals surface area contributed by atoms with Gasteiger partial charge in [0.15, 0.2) is 0 Å². The molecular weight excluding hydrogens is 300 g/mol. The van der Waals surface area contributed by atoms with E-state index in [9.17, 15) is 4.79 Å². The number of carbonyl (C=O) groups is 1. The number of hydrogen-bond acceptors (Lipinski definition) is 3. The van der Waals surface area contributed by atoms with E-state index in [1.165, 1.54) is 18.4 Å². The second kappa shape index (κ2) is 7.97. The van der Waals surface area contributed by atoms with Crippen LogP contribution in [0.15, 0.2) is 48.5 Å². The molecule has 0 radical (unpaired) electrons. The first-order valence-electron chi connectivity index (χ1n) is 8.48. The molecule has 0 saturated heterocycles. The van der Waals surface area contributed by atoms with E-state index in [2.05, 4.69) is 29.7 Å². The maximum atomic E-state index is 11.9. The van der Waals surface area contributed by atoms with E-state index in [0.717, 1.165) is 29.5 Å². The second-order valence-electron chi connectivity index (χ2n) is 6.43. The number of amides is 1. The van der Waals surface area contributed by atoms with Crippen LogP contribution >= 0.6 is 0 Å². The molecule has 0 aromatic heterocycles. The van der Waals surface area contributed by atoms with Gasteiger partial charge in [-0.1, -0.05) is 35.9 Å². The maximum absolute atomic E-state index is 11.9. The smallest absolute Gasteiger partial charge is 0.238 e. The summed E-state index contributed by atoms with van der Waals surface area (Å²) in [7, 11) is 0. The summed E-state index contributed by atoms with van der Waals surface area (Å²) < 4.78 is 5.82. The zero-order chi connectivity index (χ0) is 16.8. The van der Waals surface area contributed by atoms with Crippen molar-refractivity contribution in [2.24, 2.45) is 5.92 Å². The van der Waals surface area contributed by atoms with Gasteiger partial charge in [0, 0.05) is 11.8 Å². The van der Waals surface area contributed by atoms with Crippen molar-refractivity contribution in [1.82, 2.24) is 5.32 Å². The van der Waals surface area contributed by atoms with Gasteiger partial charge < -0.3 is 15.4 Å². The minimum atomic E-state index is -0.0218. The van der Waals surface area contributed by atoms with Gasteiger partial charge in [-0.25, -0.2) is 0 Å². The largest absolute Gasteiger partial charge is 0.489 e. The Hall–Kier alpha value is -2.33. The highest BCUT2D eigenvalue weighted by Gasteiger charge is 2.20. The molecule has 1 aliphatic carbocycles. The molecule has 126 valence electrons. The molecule has 0 unspecified atom stereocenters. The lowest BCUT2D eigenvalue weighted by atomic mass is 10.1. The van der Waals surface area contributed by atoms with Gasteiger partial charge in [-0.05, 0) is 49.9 Å². The van der Waals surface area contributed by atoms with Gasteiger partial charge >= 0.3 is 0 Å². The monoisotopic (exact) mass is 324 g/mol. The van der Waals surface area contributed by atoms with Crippen LogP contribution in [0.4, 0.5) is 5.69 Å². The molecule has 0 aliphatic heterocycles. The number of hydrogen-bond donors (Lipinski definition) is 2. The van der Waals surface area contributed by atoms with Crippen LogP contribution in [0, 0.1) is 12.8 Å². The number of rotatable bonds is 8. The van der Waals surface area contributed by atoms with E-state index in [0.29, 0.717) is 13.2 Å². The Morgan fingerprint density at radius 1 is 1.17 bits per heavy atom. The molecule has 2 N–H and O–H groups in total. The molecule has 0 bridgehead atoms. The Morgan fingerprint density at radius 3 is 2.79 bits per heavy atom. The molecule has 0 atom stereocenters. The van der Waals surface area contributed by atoms with Crippen LogP contribution in [0.3, 0.4) is 0 Å². The Bertz CT molecular complexity index is 696. The third-order valence-corrected chi connectivity index (χ3v) is 4.02. The summed E-state index contributed by atoms with van der Waals surface area (Å²) in [6.07, 6.45) is 2.57. The summed E-state index contributed by atoms with van der Waals surface area (Å²) in [6, 6.07) is 15.8. The van der Waals surface area contributed by atoms with Crippen LogP contribution < -0.4 is 15.4 Å². The van der Waals surface area contributed by atoms with Gasteiger partial charge in [0.05, 0.1) is 6.54 Å². The zero-order valence-corrected chi connectivity index (χ0v) is 14.0. The van der Waals surface area contributed by atoms with Gasteiger partial charge in [0.1, 0.15) is 12.4 Å². The molecule has 4 heteroatoms. The third-order valence-electron chi connectivity index (χ3n) is 4.02. The van der Waals surface area contributed by atoms with Crippen molar-refractivity contribution in [3.05, 3.63) is 59.7 Å². The fourth-order valence-electron chi connectivity index (χ4n) is 2.55. The average molecular weight is 324 g/mol. The molecule has 2 aromatic rings. The van der Waals surface area contributed by atoms with Crippen LogP contribution in [0.2, 0.25) is 0 Å². The van der Waals surface area contributed by atoms with Gasteiger partial charge in [-0.3, -0.25) is 4.79 Å². The number of benzene rings is 2. The standard InChI is InChI=1S/C20H24N2O2/c1-15-4-2-5-17(10-15)14-24-19-7-3-6-18(11-19)22-20(23)13-21-12-16-8-9-16/h2-7,10-11,16,21H,8-9,12-14H2,1H3,(H,22,23). The highest BCUT2D eigenvalue weighted by molar-refractivity contribution is 5.92. The number of ether oxygens (including phenoxy) is 1. The van der Waals surface area contributed by atoms with Crippen LogP contribution in [-0.4, -0.2) is 19.0 Å². The zero-order valence-electron chi connectivity index (χ0n) is 14.0. The van der Waals surface area contributed by atoms with Crippen molar-refractivity contribution in [3.63, 3.8) is 0 Å². The summed E-state index contributed by atoms with van der Waals surface area (Å²) in [4.78, 5) is 11.9. The van der Waals surface area contributed by atoms with Crippen molar-refractivity contribution in [1.29, 1.82) is 0 Å². The second-order valence-corrected chi connectivity index (χ2v) is 6.43. The van der Waals surface area contributed by atoms with Crippen LogP contribution in [0.25, 0.3) is 0 Å². The normalized spacial score (nSPS) is 13.5. The SMILES string of the molecule is Cc1cccc(COc2cccc(NC(=O)CNCC3CC3)c2)c1. The fraction of sp³-hybridized carbons (Fsp3) is 0.350.